The maximum atomic E-state index is 12.4. The molecular weight excluding hydrogens is 280 g/mol. The van der Waals surface area contributed by atoms with Gasteiger partial charge >= 0.3 is 0 Å². The summed E-state index contributed by atoms with van der Waals surface area (Å²) in [6.07, 6.45) is 2.64. The van der Waals surface area contributed by atoms with Crippen molar-refractivity contribution in [3.63, 3.8) is 0 Å². The Kier molecular flexibility index (Phi) is 5.25. The second kappa shape index (κ2) is 6.33. The molecule has 0 amide bonds. The lowest BCUT2D eigenvalue weighted by molar-refractivity contribution is 0.138. The van der Waals surface area contributed by atoms with Crippen molar-refractivity contribution in [1.82, 2.24) is 9.29 Å². The van der Waals surface area contributed by atoms with Gasteiger partial charge in [-0.3, -0.25) is 4.98 Å². The van der Waals surface area contributed by atoms with E-state index in [-0.39, 0.29) is 18.1 Å². The van der Waals surface area contributed by atoms with Gasteiger partial charge in [0.05, 0.1) is 12.1 Å². The van der Waals surface area contributed by atoms with Crippen LogP contribution in [0.15, 0.2) is 23.4 Å². The van der Waals surface area contributed by atoms with Crippen LogP contribution in [0.1, 0.15) is 19.4 Å². The number of pyridine rings is 1. The monoisotopic (exact) mass is 298 g/mol. The molecule has 1 rings (SSSR count). The van der Waals surface area contributed by atoms with Gasteiger partial charge in [-0.2, -0.15) is 4.31 Å². The first-order valence-corrected chi connectivity index (χ1v) is 7.34. The highest BCUT2D eigenvalue weighted by Gasteiger charge is 2.33. The quantitative estimate of drug-likeness (QED) is 0.752. The Balaban J connectivity index is 3.23. The molecule has 0 atom stereocenters. The van der Waals surface area contributed by atoms with E-state index in [4.69, 9.17) is 5.11 Å². The molecule has 0 bridgehead atoms. The zero-order chi connectivity index (χ0) is 15.4. The van der Waals surface area contributed by atoms with Gasteiger partial charge in [0, 0.05) is 25.0 Å². The molecule has 6 nitrogen and oxygen atoms in total. The van der Waals surface area contributed by atoms with E-state index in [2.05, 4.69) is 16.8 Å². The Bertz CT molecular complexity index is 629. The molecule has 0 spiro atoms. The van der Waals surface area contributed by atoms with Gasteiger partial charge in [0.15, 0.2) is 0 Å². The number of likely N-dealkylation sites (N-methyl/N-ethyl adjacent to an activating group) is 1. The van der Waals surface area contributed by atoms with Crippen molar-refractivity contribution in [2.45, 2.75) is 24.3 Å². The zero-order valence-electron chi connectivity index (χ0n) is 11.7. The first kappa shape index (κ1) is 16.6. The van der Waals surface area contributed by atoms with Crippen LogP contribution in [0.25, 0.3) is 0 Å². The lowest BCUT2D eigenvalue weighted by atomic mass is 10.1. The minimum Gasteiger partial charge on any atom is -0.394 e. The number of nitrogens with zero attached hydrogens (tertiary/aromatic N) is 2. The first-order chi connectivity index (χ1) is 9.25. The van der Waals surface area contributed by atoms with Crippen molar-refractivity contribution in [2.75, 3.05) is 20.3 Å². The van der Waals surface area contributed by atoms with E-state index in [9.17, 15) is 13.5 Å². The molecule has 1 aromatic rings. The van der Waals surface area contributed by atoms with E-state index in [0.717, 1.165) is 4.31 Å². The number of sulfonamides is 1. The van der Waals surface area contributed by atoms with Gasteiger partial charge in [-0.15, -0.1) is 0 Å². The fourth-order valence-electron chi connectivity index (χ4n) is 1.35. The van der Waals surface area contributed by atoms with Crippen molar-refractivity contribution < 1.29 is 18.6 Å². The Hall–Kier alpha value is -1.46. The zero-order valence-corrected chi connectivity index (χ0v) is 12.5. The highest BCUT2D eigenvalue weighted by atomic mass is 32.2. The van der Waals surface area contributed by atoms with Crippen LogP contribution in [0, 0.1) is 11.8 Å². The standard InChI is InChI=1S/C13H18N2O4S/c1-13(2,10-17)15(3)20(18,19)12-7-11(5-4-6-16)8-14-9-12/h7-9,16-17H,6,10H2,1-3H3. The summed E-state index contributed by atoms with van der Waals surface area (Å²) < 4.78 is 26.0. The summed E-state index contributed by atoms with van der Waals surface area (Å²) in [4.78, 5) is 3.83. The smallest absolute Gasteiger partial charge is 0.244 e. The van der Waals surface area contributed by atoms with Crippen LogP contribution in [0.2, 0.25) is 0 Å². The highest BCUT2D eigenvalue weighted by molar-refractivity contribution is 7.89. The highest BCUT2D eigenvalue weighted by Crippen LogP contribution is 2.22. The summed E-state index contributed by atoms with van der Waals surface area (Å²) in [6.45, 7) is 2.62. The molecule has 0 saturated carbocycles. The van der Waals surface area contributed by atoms with Crippen molar-refractivity contribution >= 4 is 10.0 Å². The second-order valence-electron chi connectivity index (χ2n) is 4.81. The minimum atomic E-state index is -3.78. The summed E-state index contributed by atoms with van der Waals surface area (Å²) in [6, 6.07) is 1.38. The molecule has 1 aromatic heterocycles. The molecule has 2 N–H and O–H groups in total. The SMILES string of the molecule is CN(C(C)(C)CO)S(=O)(=O)c1cncc(C#CCO)c1. The Morgan fingerprint density at radius 1 is 1.35 bits per heavy atom. The molecule has 0 radical (unpaired) electrons. The van der Waals surface area contributed by atoms with E-state index < -0.39 is 15.6 Å². The van der Waals surface area contributed by atoms with Gasteiger partial charge in [0.25, 0.3) is 0 Å². The third-order valence-electron chi connectivity index (χ3n) is 2.92. The summed E-state index contributed by atoms with van der Waals surface area (Å²) >= 11 is 0. The predicted octanol–water partition coefficient (Wildman–Crippen LogP) is -0.183. The molecule has 0 unspecified atom stereocenters. The van der Waals surface area contributed by atoms with Crippen LogP contribution < -0.4 is 0 Å². The molecule has 0 saturated heterocycles. The van der Waals surface area contributed by atoms with Gasteiger partial charge in [-0.05, 0) is 19.9 Å². The Morgan fingerprint density at radius 3 is 2.55 bits per heavy atom. The van der Waals surface area contributed by atoms with Crippen LogP contribution in [-0.2, 0) is 10.0 Å². The van der Waals surface area contributed by atoms with Gasteiger partial charge in [-0.1, -0.05) is 11.8 Å². The maximum Gasteiger partial charge on any atom is 0.244 e. The van der Waals surface area contributed by atoms with Crippen LogP contribution in [0.3, 0.4) is 0 Å². The van der Waals surface area contributed by atoms with Gasteiger partial charge in [0.1, 0.15) is 11.5 Å². The van der Waals surface area contributed by atoms with Crippen LogP contribution in [-0.4, -0.2) is 53.7 Å². The van der Waals surface area contributed by atoms with Crippen LogP contribution in [0.4, 0.5) is 0 Å². The van der Waals surface area contributed by atoms with E-state index in [1.54, 1.807) is 13.8 Å². The molecule has 0 fully saturated rings. The maximum absolute atomic E-state index is 12.4. The van der Waals surface area contributed by atoms with Crippen molar-refractivity contribution in [3.05, 3.63) is 24.0 Å². The molecule has 0 aliphatic heterocycles. The fraction of sp³-hybridized carbons (Fsp3) is 0.462. The van der Waals surface area contributed by atoms with E-state index >= 15 is 0 Å². The molecule has 0 aromatic carbocycles. The van der Waals surface area contributed by atoms with Crippen LogP contribution in [0.5, 0.6) is 0 Å². The molecule has 0 aliphatic rings. The normalized spacial score (nSPS) is 12.1. The molecule has 7 heteroatoms. The van der Waals surface area contributed by atoms with E-state index in [0.29, 0.717) is 5.56 Å². The average molecular weight is 298 g/mol. The first-order valence-electron chi connectivity index (χ1n) is 5.90. The van der Waals surface area contributed by atoms with Crippen molar-refractivity contribution in [2.24, 2.45) is 0 Å². The number of rotatable bonds is 4. The average Bonchev–Trinajstić information content (AvgIpc) is 2.44. The molecule has 20 heavy (non-hydrogen) atoms. The number of aliphatic hydroxyl groups excluding tert-OH is 2. The second-order valence-corrected chi connectivity index (χ2v) is 6.78. The Labute approximate surface area is 119 Å². The summed E-state index contributed by atoms with van der Waals surface area (Å²) in [5, 5.41) is 17.9. The van der Waals surface area contributed by atoms with Gasteiger partial charge in [0.2, 0.25) is 10.0 Å². The lowest BCUT2D eigenvalue weighted by Crippen LogP contribution is -2.47. The van der Waals surface area contributed by atoms with Gasteiger partial charge < -0.3 is 10.2 Å². The molecule has 0 aliphatic carbocycles. The van der Waals surface area contributed by atoms with Crippen molar-refractivity contribution in [3.8, 4) is 11.8 Å². The summed E-state index contributed by atoms with van der Waals surface area (Å²) in [5.74, 6) is 5.03. The number of aliphatic hydroxyl groups is 2. The van der Waals surface area contributed by atoms with Crippen LogP contribution >= 0.6 is 0 Å². The third-order valence-corrected chi connectivity index (χ3v) is 4.96. The number of aromatic nitrogens is 1. The predicted molar refractivity (Wildman–Crippen MR) is 74.3 cm³/mol. The largest absolute Gasteiger partial charge is 0.394 e. The molecular formula is C13H18N2O4S. The van der Waals surface area contributed by atoms with Gasteiger partial charge in [-0.25, -0.2) is 8.42 Å². The topological polar surface area (TPSA) is 90.7 Å². The summed E-state index contributed by atoms with van der Waals surface area (Å²) in [5.41, 5.74) is -0.527. The molecule has 1 heterocycles. The third kappa shape index (κ3) is 3.55. The van der Waals surface area contributed by atoms with Crippen molar-refractivity contribution in [1.29, 1.82) is 0 Å². The van der Waals surface area contributed by atoms with E-state index in [1.807, 2.05) is 0 Å². The van der Waals surface area contributed by atoms with E-state index in [1.165, 1.54) is 25.5 Å². The number of hydrogen-bond donors (Lipinski definition) is 2. The lowest BCUT2D eigenvalue weighted by Gasteiger charge is -2.32. The fourth-order valence-corrected chi connectivity index (χ4v) is 2.85. The summed E-state index contributed by atoms with van der Waals surface area (Å²) in [7, 11) is -2.38. The minimum absolute atomic E-state index is 0.00809. The number of hydrogen-bond acceptors (Lipinski definition) is 5. The Morgan fingerprint density at radius 2 is 2.00 bits per heavy atom. The molecule has 110 valence electrons.